The van der Waals surface area contributed by atoms with Crippen LogP contribution in [0.3, 0.4) is 0 Å². The molecule has 2 aliphatic heterocycles. The highest BCUT2D eigenvalue weighted by Crippen LogP contribution is 2.26. The average molecular weight is 650 g/mol. The number of likely N-dealkylation sites (tertiary alicyclic amines) is 1. The highest BCUT2D eigenvalue weighted by Gasteiger charge is 2.28. The lowest BCUT2D eigenvalue weighted by Gasteiger charge is -2.27. The van der Waals surface area contributed by atoms with Crippen LogP contribution in [0, 0.1) is 5.92 Å². The number of hydrogen-bond acceptors (Lipinski definition) is 9. The molecule has 46 heavy (non-hydrogen) atoms. The van der Waals surface area contributed by atoms with Crippen LogP contribution in [0.15, 0.2) is 46.4 Å². The molecule has 4 heterocycles. The number of fused-ring (bicyclic) bond motifs is 4. The fourth-order valence-electron chi connectivity index (χ4n) is 5.76. The molecule has 0 radical (unpaired) electrons. The van der Waals surface area contributed by atoms with Gasteiger partial charge in [0.2, 0.25) is 17.7 Å². The topological polar surface area (TPSA) is 150 Å². The summed E-state index contributed by atoms with van der Waals surface area (Å²) in [6, 6.07) is 8.46. The van der Waals surface area contributed by atoms with Gasteiger partial charge in [-0.3, -0.25) is 24.1 Å². The summed E-state index contributed by atoms with van der Waals surface area (Å²) in [5.41, 5.74) is 1.24. The number of rotatable bonds is 6. The molecule has 1 saturated heterocycles. The SMILES string of the molecule is CC(C)C[C@@H]1NC(=O)c2coc(n2)[C@H](Cc2ccccc2)NC(=O)CN(C(=O)CN2CCCCCC2)CCNC(=O)c2csc1n2. The number of aromatic nitrogens is 2. The Morgan fingerprint density at radius 2 is 1.72 bits per heavy atom. The Bertz CT molecular complexity index is 1480. The molecule has 5 rings (SSSR count). The minimum Gasteiger partial charge on any atom is -0.446 e. The van der Waals surface area contributed by atoms with Crippen LogP contribution in [-0.4, -0.2) is 82.7 Å². The van der Waals surface area contributed by atoms with Crippen LogP contribution >= 0.6 is 11.3 Å². The van der Waals surface area contributed by atoms with E-state index < -0.39 is 23.9 Å². The first-order valence-corrected chi connectivity index (χ1v) is 17.0. The van der Waals surface area contributed by atoms with Crippen molar-refractivity contribution < 1.29 is 23.6 Å². The van der Waals surface area contributed by atoms with E-state index in [2.05, 4.69) is 30.8 Å². The van der Waals surface area contributed by atoms with E-state index in [4.69, 9.17) is 4.42 Å². The summed E-state index contributed by atoms with van der Waals surface area (Å²) in [5, 5.41) is 11.1. The number of hydrogen-bond donors (Lipinski definition) is 3. The van der Waals surface area contributed by atoms with Crippen molar-refractivity contribution in [3.05, 3.63) is 69.8 Å². The second kappa shape index (κ2) is 15.9. The Balaban J connectivity index is 1.43. The molecule has 0 saturated carbocycles. The van der Waals surface area contributed by atoms with Gasteiger partial charge in [0.1, 0.15) is 23.0 Å². The molecular formula is C33H43N7O5S. The number of oxazole rings is 1. The third-order valence-electron chi connectivity index (χ3n) is 8.15. The minimum atomic E-state index is -0.689. The second-order valence-electron chi connectivity index (χ2n) is 12.4. The van der Waals surface area contributed by atoms with Gasteiger partial charge in [0.25, 0.3) is 11.8 Å². The molecule has 3 aromatic rings. The van der Waals surface area contributed by atoms with Gasteiger partial charge in [-0.1, -0.05) is 57.0 Å². The van der Waals surface area contributed by atoms with E-state index in [1.165, 1.54) is 22.5 Å². The normalized spacial score (nSPS) is 20.7. The molecule has 0 spiro atoms. The van der Waals surface area contributed by atoms with Gasteiger partial charge >= 0.3 is 0 Å². The molecule has 0 aliphatic carbocycles. The van der Waals surface area contributed by atoms with Crippen molar-refractivity contribution in [1.29, 1.82) is 0 Å². The Morgan fingerprint density at radius 3 is 2.46 bits per heavy atom. The first kappa shape index (κ1) is 33.3. The summed E-state index contributed by atoms with van der Waals surface area (Å²) in [6.45, 7) is 6.07. The van der Waals surface area contributed by atoms with Gasteiger partial charge < -0.3 is 25.3 Å². The Kier molecular flexibility index (Phi) is 11.5. The molecule has 4 bridgehead atoms. The smallest absolute Gasteiger partial charge is 0.273 e. The lowest BCUT2D eigenvalue weighted by atomic mass is 10.0. The number of amides is 4. The molecule has 246 valence electrons. The summed E-state index contributed by atoms with van der Waals surface area (Å²) >= 11 is 1.30. The van der Waals surface area contributed by atoms with Gasteiger partial charge in [0.05, 0.1) is 19.1 Å². The summed E-state index contributed by atoms with van der Waals surface area (Å²) in [7, 11) is 0. The van der Waals surface area contributed by atoms with Crippen LogP contribution in [0.25, 0.3) is 0 Å². The third-order valence-corrected chi connectivity index (χ3v) is 9.11. The molecular weight excluding hydrogens is 606 g/mol. The van der Waals surface area contributed by atoms with E-state index in [0.717, 1.165) is 44.3 Å². The highest BCUT2D eigenvalue weighted by molar-refractivity contribution is 7.09. The van der Waals surface area contributed by atoms with Crippen molar-refractivity contribution >= 4 is 35.0 Å². The maximum atomic E-state index is 13.6. The van der Waals surface area contributed by atoms with E-state index >= 15 is 0 Å². The Hall–Kier alpha value is -4.10. The zero-order valence-electron chi connectivity index (χ0n) is 26.5. The minimum absolute atomic E-state index is 0.0703. The number of nitrogens with zero attached hydrogens (tertiary/aromatic N) is 4. The number of carbonyl (C=O) groups excluding carboxylic acids is 4. The molecule has 12 nitrogen and oxygen atoms in total. The molecule has 13 heteroatoms. The number of nitrogens with one attached hydrogen (secondary N) is 3. The Morgan fingerprint density at radius 1 is 0.957 bits per heavy atom. The monoisotopic (exact) mass is 649 g/mol. The van der Waals surface area contributed by atoms with Crippen LogP contribution in [0.5, 0.6) is 0 Å². The van der Waals surface area contributed by atoms with Crippen molar-refractivity contribution in [2.75, 3.05) is 39.3 Å². The predicted molar refractivity (Wildman–Crippen MR) is 173 cm³/mol. The maximum absolute atomic E-state index is 13.6. The first-order valence-electron chi connectivity index (χ1n) is 16.1. The average Bonchev–Trinajstić information content (AvgIpc) is 3.66. The van der Waals surface area contributed by atoms with Crippen molar-refractivity contribution in [1.82, 2.24) is 35.7 Å². The summed E-state index contributed by atoms with van der Waals surface area (Å²) in [4.78, 5) is 66.2. The molecule has 1 fully saturated rings. The largest absolute Gasteiger partial charge is 0.446 e. The summed E-state index contributed by atoms with van der Waals surface area (Å²) in [6.07, 6.45) is 6.62. The van der Waals surface area contributed by atoms with E-state index in [9.17, 15) is 19.2 Å². The fourth-order valence-corrected chi connectivity index (χ4v) is 6.63. The van der Waals surface area contributed by atoms with E-state index in [0.29, 0.717) is 17.8 Å². The van der Waals surface area contributed by atoms with Crippen LogP contribution in [0.4, 0.5) is 0 Å². The van der Waals surface area contributed by atoms with Crippen molar-refractivity contribution in [3.63, 3.8) is 0 Å². The predicted octanol–water partition coefficient (Wildman–Crippen LogP) is 3.50. The molecule has 2 aromatic heterocycles. The molecule has 4 amide bonds. The zero-order valence-corrected chi connectivity index (χ0v) is 27.3. The van der Waals surface area contributed by atoms with Gasteiger partial charge in [0, 0.05) is 24.9 Å². The molecule has 2 aliphatic rings. The van der Waals surface area contributed by atoms with Crippen molar-refractivity contribution in [2.24, 2.45) is 5.92 Å². The standard InChI is InChI=1S/C33H43N7O5S/c1-22(2)16-25-33-38-27(21-46-33)30(43)34-12-15-40(29(42)19-39-13-8-3-4-9-14-39)18-28(41)35-24(17-23-10-6-5-7-11-23)32-37-26(20-45-32)31(44)36-25/h5-7,10-11,20-22,24-25H,3-4,8-9,12-19H2,1-2H3,(H,34,43)(H,35,41)(H,36,44)/t24-,25-/m0/s1. The molecule has 1 aromatic carbocycles. The van der Waals surface area contributed by atoms with Crippen LogP contribution in [0.2, 0.25) is 0 Å². The summed E-state index contributed by atoms with van der Waals surface area (Å²) in [5.74, 6) is -0.980. The van der Waals surface area contributed by atoms with Gasteiger partial charge in [-0.2, -0.15) is 0 Å². The first-order chi connectivity index (χ1) is 22.2. The van der Waals surface area contributed by atoms with Gasteiger partial charge in [-0.05, 0) is 43.8 Å². The van der Waals surface area contributed by atoms with Crippen LogP contribution < -0.4 is 16.0 Å². The third kappa shape index (κ3) is 9.23. The van der Waals surface area contributed by atoms with Crippen LogP contribution in [0.1, 0.15) is 95.5 Å². The van der Waals surface area contributed by atoms with Gasteiger partial charge in [-0.25, -0.2) is 9.97 Å². The van der Waals surface area contributed by atoms with Crippen LogP contribution in [-0.2, 0) is 16.0 Å². The van der Waals surface area contributed by atoms with Crippen molar-refractivity contribution in [3.8, 4) is 0 Å². The zero-order chi connectivity index (χ0) is 32.5. The second-order valence-corrected chi connectivity index (χ2v) is 13.3. The fraction of sp³-hybridized carbons (Fsp3) is 0.515. The van der Waals surface area contributed by atoms with E-state index in [1.807, 2.05) is 44.2 Å². The Labute approximate surface area is 273 Å². The molecule has 3 N–H and O–H groups in total. The lowest BCUT2D eigenvalue weighted by molar-refractivity contribution is -0.137. The highest BCUT2D eigenvalue weighted by atomic mass is 32.1. The van der Waals surface area contributed by atoms with E-state index in [-0.39, 0.29) is 61.2 Å². The van der Waals surface area contributed by atoms with Crippen molar-refractivity contribution in [2.45, 2.75) is 64.5 Å². The number of thiazole rings is 1. The number of benzene rings is 1. The molecule has 0 unspecified atom stereocenters. The quantitative estimate of drug-likeness (QED) is 0.368. The molecule has 2 atom stereocenters. The van der Waals surface area contributed by atoms with Gasteiger partial charge in [-0.15, -0.1) is 11.3 Å². The van der Waals surface area contributed by atoms with Gasteiger partial charge in [0.15, 0.2) is 5.69 Å². The lowest BCUT2D eigenvalue weighted by Crippen LogP contribution is -2.48. The maximum Gasteiger partial charge on any atom is 0.273 e. The summed E-state index contributed by atoms with van der Waals surface area (Å²) < 4.78 is 5.79. The number of carbonyl (C=O) groups is 4. The van der Waals surface area contributed by atoms with E-state index in [1.54, 1.807) is 5.38 Å².